The van der Waals surface area contributed by atoms with E-state index in [1.54, 1.807) is 0 Å². The summed E-state index contributed by atoms with van der Waals surface area (Å²) in [6.45, 7) is 2.59. The SMILES string of the molecule is Nc1nnc(N2CCC(N3C[C@@H](O)CC3Cc3ccc(Cl)cc3)CC2)[nH]1. The Hall–Kier alpha value is -1.83. The monoisotopic (exact) mass is 376 g/mol. The highest BCUT2D eigenvalue weighted by molar-refractivity contribution is 6.30. The number of rotatable bonds is 4. The maximum atomic E-state index is 10.2. The first-order chi connectivity index (χ1) is 12.6. The van der Waals surface area contributed by atoms with E-state index in [1.807, 2.05) is 12.1 Å². The summed E-state index contributed by atoms with van der Waals surface area (Å²) in [5, 5.41) is 18.9. The van der Waals surface area contributed by atoms with Crippen LogP contribution in [0, 0.1) is 0 Å². The Morgan fingerprint density at radius 3 is 2.58 bits per heavy atom. The summed E-state index contributed by atoms with van der Waals surface area (Å²) in [7, 11) is 0. The molecule has 0 saturated carbocycles. The second kappa shape index (κ2) is 7.42. The Kier molecular flexibility index (Phi) is 5.02. The van der Waals surface area contributed by atoms with Crippen LogP contribution in [0.25, 0.3) is 0 Å². The van der Waals surface area contributed by atoms with Gasteiger partial charge in [-0.1, -0.05) is 23.7 Å². The highest BCUT2D eigenvalue weighted by atomic mass is 35.5. The van der Waals surface area contributed by atoms with Gasteiger partial charge in [0.05, 0.1) is 6.10 Å². The summed E-state index contributed by atoms with van der Waals surface area (Å²) in [6, 6.07) is 8.91. The molecule has 0 bridgehead atoms. The van der Waals surface area contributed by atoms with E-state index in [9.17, 15) is 5.11 Å². The number of H-pyrrole nitrogens is 1. The molecule has 7 nitrogen and oxygen atoms in total. The number of aromatic amines is 1. The highest BCUT2D eigenvalue weighted by Crippen LogP contribution is 2.29. The average Bonchev–Trinajstić information content (AvgIpc) is 3.23. The Labute approximate surface area is 158 Å². The van der Waals surface area contributed by atoms with Crippen molar-refractivity contribution in [2.75, 3.05) is 30.3 Å². The van der Waals surface area contributed by atoms with Gasteiger partial charge in [0, 0.05) is 36.7 Å². The first-order valence-electron chi connectivity index (χ1n) is 9.20. The topological polar surface area (TPSA) is 94.3 Å². The molecule has 140 valence electrons. The number of aromatic nitrogens is 3. The summed E-state index contributed by atoms with van der Waals surface area (Å²) in [5.41, 5.74) is 6.90. The first-order valence-corrected chi connectivity index (χ1v) is 9.57. The standard InChI is InChI=1S/C18H25ClN6O/c19-13-3-1-12(2-4-13)9-15-10-16(26)11-25(15)14-5-7-24(8-6-14)18-21-17(20)22-23-18/h1-4,14-16,26H,5-11H2,(H3,20,21,22,23)/t15?,16-/m0/s1. The van der Waals surface area contributed by atoms with Gasteiger partial charge < -0.3 is 15.7 Å². The number of nitrogens with one attached hydrogen (secondary N) is 1. The van der Waals surface area contributed by atoms with E-state index in [4.69, 9.17) is 17.3 Å². The molecule has 0 amide bonds. The molecule has 2 aliphatic heterocycles. The molecule has 26 heavy (non-hydrogen) atoms. The van der Waals surface area contributed by atoms with E-state index in [2.05, 4.69) is 37.1 Å². The molecule has 1 unspecified atom stereocenters. The molecule has 8 heteroatoms. The fourth-order valence-corrected chi connectivity index (χ4v) is 4.40. The molecule has 3 heterocycles. The van der Waals surface area contributed by atoms with Gasteiger partial charge >= 0.3 is 0 Å². The van der Waals surface area contributed by atoms with Crippen LogP contribution in [0.4, 0.5) is 11.9 Å². The quantitative estimate of drug-likeness (QED) is 0.751. The van der Waals surface area contributed by atoms with E-state index >= 15 is 0 Å². The molecular weight excluding hydrogens is 352 g/mol. The van der Waals surface area contributed by atoms with Crippen molar-refractivity contribution in [1.82, 2.24) is 20.1 Å². The van der Waals surface area contributed by atoms with Crippen LogP contribution in [0.2, 0.25) is 5.02 Å². The zero-order chi connectivity index (χ0) is 18.1. The molecule has 4 N–H and O–H groups in total. The average molecular weight is 377 g/mol. The third-order valence-electron chi connectivity index (χ3n) is 5.54. The van der Waals surface area contributed by atoms with E-state index in [0.29, 0.717) is 18.0 Å². The van der Waals surface area contributed by atoms with Crippen molar-refractivity contribution < 1.29 is 5.11 Å². The summed E-state index contributed by atoms with van der Waals surface area (Å²) in [6.07, 6.45) is 3.64. The lowest BCUT2D eigenvalue weighted by Gasteiger charge is -2.39. The van der Waals surface area contributed by atoms with Crippen LogP contribution in [0.15, 0.2) is 24.3 Å². The van der Waals surface area contributed by atoms with Crippen LogP contribution in [0.1, 0.15) is 24.8 Å². The zero-order valence-electron chi connectivity index (χ0n) is 14.7. The third kappa shape index (κ3) is 3.79. The molecule has 0 radical (unpaired) electrons. The van der Waals surface area contributed by atoms with Gasteiger partial charge in [-0.05, 0) is 43.4 Å². The molecule has 2 atom stereocenters. The number of nitrogens with two attached hydrogens (primary N) is 1. The fourth-order valence-electron chi connectivity index (χ4n) is 4.27. The van der Waals surface area contributed by atoms with Crippen molar-refractivity contribution in [3.05, 3.63) is 34.9 Å². The lowest BCUT2D eigenvalue weighted by molar-refractivity contribution is 0.130. The smallest absolute Gasteiger partial charge is 0.226 e. The second-order valence-electron chi connectivity index (χ2n) is 7.32. The number of halogens is 1. The van der Waals surface area contributed by atoms with Gasteiger partial charge in [-0.25, -0.2) is 0 Å². The van der Waals surface area contributed by atoms with Gasteiger partial charge in [0.1, 0.15) is 0 Å². The normalized spacial score (nSPS) is 25.1. The number of hydrogen-bond acceptors (Lipinski definition) is 6. The molecule has 4 rings (SSSR count). The van der Waals surface area contributed by atoms with Crippen LogP contribution >= 0.6 is 11.6 Å². The number of nitrogens with zero attached hydrogens (tertiary/aromatic N) is 4. The van der Waals surface area contributed by atoms with Gasteiger partial charge in [-0.2, -0.15) is 0 Å². The number of aliphatic hydroxyl groups is 1. The predicted molar refractivity (Wildman–Crippen MR) is 102 cm³/mol. The third-order valence-corrected chi connectivity index (χ3v) is 5.80. The number of likely N-dealkylation sites (tertiary alicyclic amines) is 1. The van der Waals surface area contributed by atoms with Gasteiger partial charge in [0.15, 0.2) is 0 Å². The molecule has 0 aliphatic carbocycles. The minimum Gasteiger partial charge on any atom is -0.392 e. The Balaban J connectivity index is 1.38. The first kappa shape index (κ1) is 17.6. The maximum Gasteiger partial charge on any atom is 0.226 e. The van der Waals surface area contributed by atoms with Crippen LogP contribution < -0.4 is 10.6 Å². The number of aliphatic hydroxyl groups excluding tert-OH is 1. The largest absolute Gasteiger partial charge is 0.392 e. The van der Waals surface area contributed by atoms with Crippen molar-refractivity contribution in [3.8, 4) is 0 Å². The summed E-state index contributed by atoms with van der Waals surface area (Å²) in [5.74, 6) is 1.10. The van der Waals surface area contributed by atoms with Crippen molar-refractivity contribution in [3.63, 3.8) is 0 Å². The van der Waals surface area contributed by atoms with E-state index in [1.165, 1.54) is 5.56 Å². The summed E-state index contributed by atoms with van der Waals surface area (Å²) in [4.78, 5) is 7.70. The van der Waals surface area contributed by atoms with Crippen molar-refractivity contribution in [2.45, 2.75) is 43.9 Å². The van der Waals surface area contributed by atoms with E-state index in [0.717, 1.165) is 56.3 Å². The maximum absolute atomic E-state index is 10.2. The lowest BCUT2D eigenvalue weighted by atomic mass is 9.99. The van der Waals surface area contributed by atoms with Crippen LogP contribution in [-0.4, -0.2) is 63.0 Å². The minimum atomic E-state index is -0.237. The van der Waals surface area contributed by atoms with Crippen molar-refractivity contribution >= 4 is 23.5 Å². The molecular formula is C18H25ClN6O. The van der Waals surface area contributed by atoms with Crippen LogP contribution in [-0.2, 0) is 6.42 Å². The number of benzene rings is 1. The lowest BCUT2D eigenvalue weighted by Crippen LogP contribution is -2.47. The fraction of sp³-hybridized carbons (Fsp3) is 0.556. The molecule has 2 fully saturated rings. The Morgan fingerprint density at radius 2 is 1.92 bits per heavy atom. The predicted octanol–water partition coefficient (Wildman–Crippen LogP) is 1.69. The molecule has 2 aliphatic rings. The van der Waals surface area contributed by atoms with E-state index in [-0.39, 0.29) is 6.10 Å². The van der Waals surface area contributed by atoms with Crippen molar-refractivity contribution in [2.24, 2.45) is 0 Å². The second-order valence-corrected chi connectivity index (χ2v) is 7.76. The van der Waals surface area contributed by atoms with Gasteiger partial charge in [0.25, 0.3) is 0 Å². The number of nitrogen functional groups attached to an aromatic ring is 1. The number of hydrogen-bond donors (Lipinski definition) is 3. The van der Waals surface area contributed by atoms with Crippen LogP contribution in [0.3, 0.4) is 0 Å². The number of β-amino-alcohol motifs (C(OH)–C–C–N with tert-alkyl or cyclic N) is 1. The summed E-state index contributed by atoms with van der Waals surface area (Å²) >= 11 is 5.99. The highest BCUT2D eigenvalue weighted by Gasteiger charge is 2.37. The van der Waals surface area contributed by atoms with Gasteiger partial charge in [0.2, 0.25) is 11.9 Å². The zero-order valence-corrected chi connectivity index (χ0v) is 15.4. The molecule has 2 aromatic rings. The number of anilines is 2. The summed E-state index contributed by atoms with van der Waals surface area (Å²) < 4.78 is 0. The minimum absolute atomic E-state index is 0.237. The van der Waals surface area contributed by atoms with Gasteiger partial charge in [-0.3, -0.25) is 9.88 Å². The molecule has 1 aromatic heterocycles. The Bertz CT molecular complexity index is 728. The van der Waals surface area contributed by atoms with Gasteiger partial charge in [-0.15, -0.1) is 10.2 Å². The number of piperidine rings is 1. The van der Waals surface area contributed by atoms with Crippen LogP contribution in [0.5, 0.6) is 0 Å². The van der Waals surface area contributed by atoms with Crippen molar-refractivity contribution in [1.29, 1.82) is 0 Å². The van der Waals surface area contributed by atoms with E-state index < -0.39 is 0 Å². The molecule has 0 spiro atoms. The molecule has 2 saturated heterocycles. The Morgan fingerprint density at radius 1 is 1.19 bits per heavy atom. The molecule has 1 aromatic carbocycles.